The number of nitrogens with two attached hydrogens (primary N) is 1. The number of rotatable bonds is 2. The normalized spacial score (nSPS) is 10.9. The summed E-state index contributed by atoms with van der Waals surface area (Å²) in [6, 6.07) is 7.39. The molecule has 2 heterocycles. The molecule has 0 aliphatic heterocycles. The maximum absolute atomic E-state index is 12.1. The summed E-state index contributed by atoms with van der Waals surface area (Å²) in [7, 11) is 3.45. The summed E-state index contributed by atoms with van der Waals surface area (Å²) in [5.74, 6) is 0.307. The van der Waals surface area contributed by atoms with Crippen LogP contribution >= 0.6 is 15.9 Å². The molecule has 0 radical (unpaired) electrons. The number of amides is 1. The highest BCUT2D eigenvalue weighted by molar-refractivity contribution is 9.10. The summed E-state index contributed by atoms with van der Waals surface area (Å²) in [5, 5.41) is 0. The van der Waals surface area contributed by atoms with Crippen LogP contribution in [0.3, 0.4) is 0 Å². The number of imidazole rings is 1. The van der Waals surface area contributed by atoms with Gasteiger partial charge in [0, 0.05) is 25.2 Å². The molecule has 0 fully saturated rings. The zero-order valence-corrected chi connectivity index (χ0v) is 13.7. The summed E-state index contributed by atoms with van der Waals surface area (Å²) in [6.07, 6.45) is 3.35. The van der Waals surface area contributed by atoms with E-state index >= 15 is 0 Å². The molecule has 22 heavy (non-hydrogen) atoms. The predicted molar refractivity (Wildman–Crippen MR) is 88.6 cm³/mol. The first-order chi connectivity index (χ1) is 10.5. The number of hydrogen-bond acceptors (Lipinski definition) is 4. The number of fused-ring (bicyclic) bond motifs is 1. The topological polar surface area (TPSA) is 76.5 Å². The summed E-state index contributed by atoms with van der Waals surface area (Å²) in [4.78, 5) is 22.1. The molecule has 1 amide bonds. The fourth-order valence-electron chi connectivity index (χ4n) is 2.26. The molecule has 0 aliphatic carbocycles. The van der Waals surface area contributed by atoms with E-state index in [0.29, 0.717) is 17.0 Å². The van der Waals surface area contributed by atoms with Gasteiger partial charge in [-0.3, -0.25) is 9.20 Å². The third-order valence-electron chi connectivity index (χ3n) is 3.33. The van der Waals surface area contributed by atoms with E-state index < -0.39 is 0 Å². The van der Waals surface area contributed by atoms with Gasteiger partial charge in [0.05, 0.1) is 18.1 Å². The van der Waals surface area contributed by atoms with E-state index in [1.54, 1.807) is 37.5 Å². The van der Waals surface area contributed by atoms with Crippen molar-refractivity contribution in [2.75, 3.05) is 19.8 Å². The predicted octanol–water partition coefficient (Wildman–Crippen LogP) is 2.44. The van der Waals surface area contributed by atoms with Gasteiger partial charge in [0.1, 0.15) is 4.60 Å². The van der Waals surface area contributed by atoms with Gasteiger partial charge in [-0.25, -0.2) is 9.97 Å². The minimum absolute atomic E-state index is 0.0498. The summed E-state index contributed by atoms with van der Waals surface area (Å²) in [6.45, 7) is 0. The van der Waals surface area contributed by atoms with Gasteiger partial charge in [-0.15, -0.1) is 0 Å². The first kappa shape index (κ1) is 14.5. The van der Waals surface area contributed by atoms with Gasteiger partial charge < -0.3 is 10.6 Å². The number of nitrogen functional groups attached to an aromatic ring is 1. The van der Waals surface area contributed by atoms with Crippen LogP contribution < -0.4 is 5.73 Å². The number of carbonyl (C=O) groups is 1. The Morgan fingerprint density at radius 1 is 1.27 bits per heavy atom. The molecule has 2 N–H and O–H groups in total. The number of hydrogen-bond donors (Lipinski definition) is 1. The second-order valence-electron chi connectivity index (χ2n) is 5.05. The molecule has 0 saturated heterocycles. The van der Waals surface area contributed by atoms with Crippen molar-refractivity contribution in [1.29, 1.82) is 0 Å². The van der Waals surface area contributed by atoms with E-state index in [4.69, 9.17) is 5.73 Å². The molecule has 0 saturated carbocycles. The van der Waals surface area contributed by atoms with Crippen molar-refractivity contribution in [3.05, 3.63) is 46.8 Å². The van der Waals surface area contributed by atoms with Crippen LogP contribution in [0.2, 0.25) is 0 Å². The van der Waals surface area contributed by atoms with Gasteiger partial charge in [-0.1, -0.05) is 12.1 Å². The van der Waals surface area contributed by atoms with Crippen LogP contribution in [0, 0.1) is 0 Å². The van der Waals surface area contributed by atoms with Crippen molar-refractivity contribution in [2.24, 2.45) is 0 Å². The molecule has 1 aromatic carbocycles. The summed E-state index contributed by atoms with van der Waals surface area (Å²) < 4.78 is 2.64. The molecule has 0 bridgehead atoms. The SMILES string of the molecule is CN(C)C(=O)c1cccc(-c2cnc(N)c3ncc(Br)n23)c1. The highest BCUT2D eigenvalue weighted by Gasteiger charge is 2.14. The highest BCUT2D eigenvalue weighted by Crippen LogP contribution is 2.27. The highest BCUT2D eigenvalue weighted by atomic mass is 79.9. The van der Waals surface area contributed by atoms with Crippen molar-refractivity contribution in [3.63, 3.8) is 0 Å². The second-order valence-corrected chi connectivity index (χ2v) is 5.86. The fourth-order valence-corrected chi connectivity index (χ4v) is 2.72. The minimum Gasteiger partial charge on any atom is -0.381 e. The number of aromatic nitrogens is 3. The van der Waals surface area contributed by atoms with Gasteiger partial charge in [-0.2, -0.15) is 0 Å². The number of benzene rings is 1. The third-order valence-corrected chi connectivity index (χ3v) is 3.89. The Kier molecular flexibility index (Phi) is 3.58. The molecule has 0 atom stereocenters. The molecule has 3 aromatic rings. The van der Waals surface area contributed by atoms with Crippen molar-refractivity contribution in [2.45, 2.75) is 0 Å². The maximum Gasteiger partial charge on any atom is 0.253 e. The molecule has 6 nitrogen and oxygen atoms in total. The van der Waals surface area contributed by atoms with Gasteiger partial charge >= 0.3 is 0 Å². The fraction of sp³-hybridized carbons (Fsp3) is 0.133. The van der Waals surface area contributed by atoms with Crippen LogP contribution in [0.4, 0.5) is 5.82 Å². The van der Waals surface area contributed by atoms with E-state index in [1.165, 1.54) is 0 Å². The molecule has 0 unspecified atom stereocenters. The standard InChI is InChI=1S/C15H14BrN5O/c1-20(2)15(22)10-5-3-4-9(6-10)11-7-18-13(17)14-19-8-12(16)21(11)14/h3-8H,1-2H3,(H2,17,18). The van der Waals surface area contributed by atoms with Crippen LogP contribution in [-0.4, -0.2) is 39.3 Å². The average Bonchev–Trinajstić information content (AvgIpc) is 2.90. The van der Waals surface area contributed by atoms with Crippen LogP contribution in [0.5, 0.6) is 0 Å². The lowest BCUT2D eigenvalue weighted by Gasteiger charge is -2.12. The third kappa shape index (κ3) is 2.33. The first-order valence-corrected chi connectivity index (χ1v) is 7.38. The minimum atomic E-state index is -0.0498. The van der Waals surface area contributed by atoms with Crippen molar-refractivity contribution in [1.82, 2.24) is 19.3 Å². The van der Waals surface area contributed by atoms with Gasteiger partial charge in [-0.05, 0) is 28.1 Å². The molecule has 0 aliphatic rings. The average molecular weight is 360 g/mol. The Labute approximate surface area is 135 Å². The van der Waals surface area contributed by atoms with E-state index in [9.17, 15) is 4.79 Å². The van der Waals surface area contributed by atoms with Crippen molar-refractivity contribution < 1.29 is 4.79 Å². The van der Waals surface area contributed by atoms with E-state index in [2.05, 4.69) is 25.9 Å². The molecule has 3 rings (SSSR count). The van der Waals surface area contributed by atoms with E-state index in [-0.39, 0.29) is 5.91 Å². The lowest BCUT2D eigenvalue weighted by molar-refractivity contribution is 0.0827. The number of carbonyl (C=O) groups excluding carboxylic acids is 1. The molecule has 0 spiro atoms. The van der Waals surface area contributed by atoms with Gasteiger partial charge in [0.25, 0.3) is 5.91 Å². The van der Waals surface area contributed by atoms with E-state index in [0.717, 1.165) is 15.9 Å². The van der Waals surface area contributed by atoms with Crippen LogP contribution in [0.15, 0.2) is 41.3 Å². The second kappa shape index (κ2) is 5.42. The Hall–Kier alpha value is -2.41. The van der Waals surface area contributed by atoms with Crippen LogP contribution in [-0.2, 0) is 0 Å². The van der Waals surface area contributed by atoms with Gasteiger partial charge in [0.2, 0.25) is 0 Å². The maximum atomic E-state index is 12.1. The molecule has 7 heteroatoms. The number of anilines is 1. The molecular formula is C15H14BrN5O. The summed E-state index contributed by atoms with van der Waals surface area (Å²) in [5.41, 5.74) is 8.72. The molecule has 2 aromatic heterocycles. The summed E-state index contributed by atoms with van der Waals surface area (Å²) >= 11 is 3.46. The lowest BCUT2D eigenvalue weighted by Crippen LogP contribution is -2.21. The zero-order valence-electron chi connectivity index (χ0n) is 12.1. The largest absolute Gasteiger partial charge is 0.381 e. The Balaban J connectivity index is 2.20. The van der Waals surface area contributed by atoms with Crippen molar-refractivity contribution >= 4 is 33.3 Å². The molecule has 112 valence electrons. The zero-order chi connectivity index (χ0) is 15.9. The van der Waals surface area contributed by atoms with Crippen LogP contribution in [0.1, 0.15) is 10.4 Å². The van der Waals surface area contributed by atoms with E-state index in [1.807, 2.05) is 22.6 Å². The number of nitrogens with zero attached hydrogens (tertiary/aromatic N) is 4. The lowest BCUT2D eigenvalue weighted by atomic mass is 10.1. The monoisotopic (exact) mass is 359 g/mol. The Bertz CT molecular complexity index is 871. The molecular weight excluding hydrogens is 346 g/mol. The number of halogens is 1. The smallest absolute Gasteiger partial charge is 0.253 e. The Morgan fingerprint density at radius 3 is 2.77 bits per heavy atom. The van der Waals surface area contributed by atoms with Crippen LogP contribution in [0.25, 0.3) is 16.9 Å². The van der Waals surface area contributed by atoms with Crippen molar-refractivity contribution in [3.8, 4) is 11.3 Å². The first-order valence-electron chi connectivity index (χ1n) is 6.58. The quantitative estimate of drug-likeness (QED) is 0.762. The Morgan fingerprint density at radius 2 is 2.05 bits per heavy atom. The van der Waals surface area contributed by atoms with Gasteiger partial charge in [0.15, 0.2) is 11.5 Å².